The lowest BCUT2D eigenvalue weighted by Gasteiger charge is -2.25. The summed E-state index contributed by atoms with van der Waals surface area (Å²) in [6.07, 6.45) is 2.05. The van der Waals surface area contributed by atoms with Crippen molar-refractivity contribution in [3.05, 3.63) is 22.2 Å². The van der Waals surface area contributed by atoms with E-state index >= 15 is 0 Å². The second kappa shape index (κ2) is 7.89. The van der Waals surface area contributed by atoms with Gasteiger partial charge in [-0.15, -0.1) is 0 Å². The summed E-state index contributed by atoms with van der Waals surface area (Å²) >= 11 is 3.53. The summed E-state index contributed by atoms with van der Waals surface area (Å²) in [4.78, 5) is 0. The SMILES string of the molecule is CCCOc1c(CNC(C)(C)CC)cc(Br)cc1OC. The molecule has 1 aromatic rings. The molecule has 0 atom stereocenters. The number of hydrogen-bond donors (Lipinski definition) is 1. The standard InChI is InChI=1S/C16H26BrNO2/c1-6-8-20-15-12(11-18-16(3,4)7-2)9-13(17)10-14(15)19-5/h9-10,18H,6-8,11H2,1-5H3. The van der Waals surface area contributed by atoms with E-state index in [1.807, 2.05) is 6.07 Å². The van der Waals surface area contributed by atoms with Crippen molar-refractivity contribution >= 4 is 15.9 Å². The number of hydrogen-bond acceptors (Lipinski definition) is 3. The zero-order valence-corrected chi connectivity index (χ0v) is 14.8. The molecule has 0 unspecified atom stereocenters. The Hall–Kier alpha value is -0.740. The molecule has 0 spiro atoms. The highest BCUT2D eigenvalue weighted by Crippen LogP contribution is 2.35. The molecule has 0 aliphatic heterocycles. The largest absolute Gasteiger partial charge is 0.493 e. The molecule has 1 rings (SSSR count). The first-order valence-electron chi connectivity index (χ1n) is 7.17. The van der Waals surface area contributed by atoms with Crippen LogP contribution in [0.15, 0.2) is 16.6 Å². The third-order valence-electron chi connectivity index (χ3n) is 3.41. The van der Waals surface area contributed by atoms with Crippen molar-refractivity contribution < 1.29 is 9.47 Å². The van der Waals surface area contributed by atoms with E-state index < -0.39 is 0 Å². The lowest BCUT2D eigenvalue weighted by Crippen LogP contribution is -2.37. The highest BCUT2D eigenvalue weighted by Gasteiger charge is 2.17. The summed E-state index contributed by atoms with van der Waals surface area (Å²) in [6, 6.07) is 4.03. The molecule has 0 saturated heterocycles. The molecule has 0 saturated carbocycles. The Balaban J connectivity index is 2.99. The maximum atomic E-state index is 5.88. The van der Waals surface area contributed by atoms with Gasteiger partial charge in [0.1, 0.15) is 0 Å². The van der Waals surface area contributed by atoms with Crippen LogP contribution in [0.25, 0.3) is 0 Å². The Morgan fingerprint density at radius 2 is 1.95 bits per heavy atom. The molecule has 0 bridgehead atoms. The highest BCUT2D eigenvalue weighted by atomic mass is 79.9. The monoisotopic (exact) mass is 343 g/mol. The van der Waals surface area contributed by atoms with E-state index in [0.29, 0.717) is 6.61 Å². The van der Waals surface area contributed by atoms with Gasteiger partial charge in [-0.25, -0.2) is 0 Å². The minimum atomic E-state index is 0.109. The van der Waals surface area contributed by atoms with Crippen LogP contribution >= 0.6 is 15.9 Å². The lowest BCUT2D eigenvalue weighted by atomic mass is 10.0. The van der Waals surface area contributed by atoms with Crippen molar-refractivity contribution in [1.82, 2.24) is 5.32 Å². The molecule has 0 aromatic heterocycles. The Bertz CT molecular complexity index is 433. The van der Waals surface area contributed by atoms with Crippen molar-refractivity contribution in [2.45, 2.75) is 52.6 Å². The van der Waals surface area contributed by atoms with Gasteiger partial charge in [0.15, 0.2) is 11.5 Å². The molecule has 4 heteroatoms. The van der Waals surface area contributed by atoms with E-state index in [0.717, 1.165) is 40.9 Å². The van der Waals surface area contributed by atoms with Crippen molar-refractivity contribution in [1.29, 1.82) is 0 Å². The second-order valence-electron chi connectivity index (χ2n) is 5.54. The molecule has 1 N–H and O–H groups in total. The van der Waals surface area contributed by atoms with Gasteiger partial charge in [-0.05, 0) is 38.8 Å². The van der Waals surface area contributed by atoms with Crippen LogP contribution < -0.4 is 14.8 Å². The molecule has 114 valence electrons. The van der Waals surface area contributed by atoms with Gasteiger partial charge in [-0.3, -0.25) is 0 Å². The van der Waals surface area contributed by atoms with Gasteiger partial charge in [-0.2, -0.15) is 0 Å². The van der Waals surface area contributed by atoms with E-state index in [1.54, 1.807) is 7.11 Å². The maximum Gasteiger partial charge on any atom is 0.165 e. The van der Waals surface area contributed by atoms with Crippen molar-refractivity contribution in [3.8, 4) is 11.5 Å². The number of nitrogens with one attached hydrogen (secondary N) is 1. The van der Waals surface area contributed by atoms with Gasteiger partial charge in [-0.1, -0.05) is 29.8 Å². The third-order valence-corrected chi connectivity index (χ3v) is 3.87. The predicted molar refractivity (Wildman–Crippen MR) is 87.7 cm³/mol. The van der Waals surface area contributed by atoms with Crippen LogP contribution in [0.4, 0.5) is 0 Å². The first kappa shape index (κ1) is 17.3. The molecule has 0 aliphatic carbocycles. The third kappa shape index (κ3) is 4.98. The lowest BCUT2D eigenvalue weighted by molar-refractivity contribution is 0.287. The fraction of sp³-hybridized carbons (Fsp3) is 0.625. The molecule has 3 nitrogen and oxygen atoms in total. The van der Waals surface area contributed by atoms with Crippen LogP contribution in [0, 0.1) is 0 Å². The van der Waals surface area contributed by atoms with Gasteiger partial charge in [0.25, 0.3) is 0 Å². The minimum absolute atomic E-state index is 0.109. The summed E-state index contributed by atoms with van der Waals surface area (Å²) in [6.45, 7) is 10.1. The summed E-state index contributed by atoms with van der Waals surface area (Å²) in [5.41, 5.74) is 1.23. The molecule has 0 amide bonds. The summed E-state index contributed by atoms with van der Waals surface area (Å²) in [5, 5.41) is 3.56. The van der Waals surface area contributed by atoms with E-state index in [-0.39, 0.29) is 5.54 Å². The highest BCUT2D eigenvalue weighted by molar-refractivity contribution is 9.10. The molecule has 20 heavy (non-hydrogen) atoms. The number of halogens is 1. The minimum Gasteiger partial charge on any atom is -0.493 e. The molecule has 0 heterocycles. The van der Waals surface area contributed by atoms with E-state index in [1.165, 1.54) is 0 Å². The Morgan fingerprint density at radius 3 is 2.50 bits per heavy atom. The van der Waals surface area contributed by atoms with Crippen LogP contribution in [0.3, 0.4) is 0 Å². The Labute approximate surface area is 131 Å². The second-order valence-corrected chi connectivity index (χ2v) is 6.45. The number of benzene rings is 1. The average Bonchev–Trinajstić information content (AvgIpc) is 2.43. The van der Waals surface area contributed by atoms with Gasteiger partial charge in [0.2, 0.25) is 0 Å². The topological polar surface area (TPSA) is 30.5 Å². The molecular formula is C16H26BrNO2. The molecule has 1 aromatic carbocycles. The molecule has 0 radical (unpaired) electrons. The molecular weight excluding hydrogens is 318 g/mol. The summed E-state index contributed by atoms with van der Waals surface area (Å²) < 4.78 is 12.3. The van der Waals surface area contributed by atoms with Crippen molar-refractivity contribution in [3.63, 3.8) is 0 Å². The Kier molecular flexibility index (Phi) is 6.83. The van der Waals surface area contributed by atoms with E-state index in [2.05, 4.69) is 55.0 Å². The van der Waals surface area contributed by atoms with Crippen LogP contribution in [-0.2, 0) is 6.54 Å². The van der Waals surface area contributed by atoms with Crippen LogP contribution in [0.2, 0.25) is 0 Å². The van der Waals surface area contributed by atoms with Gasteiger partial charge in [0.05, 0.1) is 13.7 Å². The predicted octanol–water partition coefficient (Wildman–Crippen LogP) is 4.52. The number of methoxy groups -OCH3 is 1. The van der Waals surface area contributed by atoms with E-state index in [9.17, 15) is 0 Å². The molecule has 0 aliphatic rings. The van der Waals surface area contributed by atoms with Gasteiger partial charge >= 0.3 is 0 Å². The summed E-state index contributed by atoms with van der Waals surface area (Å²) in [5.74, 6) is 1.62. The normalized spacial score (nSPS) is 11.5. The average molecular weight is 344 g/mol. The Morgan fingerprint density at radius 1 is 1.25 bits per heavy atom. The molecule has 0 fully saturated rings. The maximum absolute atomic E-state index is 5.88. The smallest absolute Gasteiger partial charge is 0.165 e. The fourth-order valence-electron chi connectivity index (χ4n) is 1.73. The first-order chi connectivity index (χ1) is 9.43. The zero-order chi connectivity index (χ0) is 15.2. The van der Waals surface area contributed by atoms with Crippen LogP contribution in [0.1, 0.15) is 46.1 Å². The summed E-state index contributed by atoms with van der Waals surface area (Å²) in [7, 11) is 1.67. The fourth-order valence-corrected chi connectivity index (χ4v) is 2.22. The van der Waals surface area contributed by atoms with Crippen LogP contribution in [0.5, 0.6) is 11.5 Å². The van der Waals surface area contributed by atoms with Gasteiger partial charge in [0, 0.05) is 22.1 Å². The van der Waals surface area contributed by atoms with Crippen LogP contribution in [-0.4, -0.2) is 19.3 Å². The number of rotatable bonds is 8. The van der Waals surface area contributed by atoms with Gasteiger partial charge < -0.3 is 14.8 Å². The van der Waals surface area contributed by atoms with E-state index in [4.69, 9.17) is 9.47 Å². The first-order valence-corrected chi connectivity index (χ1v) is 7.97. The van der Waals surface area contributed by atoms with Crippen molar-refractivity contribution in [2.24, 2.45) is 0 Å². The quantitative estimate of drug-likeness (QED) is 0.752. The number of ether oxygens (including phenoxy) is 2. The van der Waals surface area contributed by atoms with Crippen molar-refractivity contribution in [2.75, 3.05) is 13.7 Å². The zero-order valence-electron chi connectivity index (χ0n) is 13.2.